The summed E-state index contributed by atoms with van der Waals surface area (Å²) in [5.41, 5.74) is 8.89. The van der Waals surface area contributed by atoms with Crippen LogP contribution >= 0.6 is 0 Å². The summed E-state index contributed by atoms with van der Waals surface area (Å²) in [6.07, 6.45) is 22.6. The second-order valence-corrected chi connectivity index (χ2v) is 18.1. The predicted octanol–water partition coefficient (Wildman–Crippen LogP) is 12.4. The summed E-state index contributed by atoms with van der Waals surface area (Å²) in [6, 6.07) is 18.0. The average molecular weight is 745 g/mol. The highest BCUT2D eigenvalue weighted by Crippen LogP contribution is 2.66. The van der Waals surface area contributed by atoms with Gasteiger partial charge in [0.2, 0.25) is 0 Å². The summed E-state index contributed by atoms with van der Waals surface area (Å²) < 4.78 is 19.0. The lowest BCUT2D eigenvalue weighted by Crippen LogP contribution is -2.51. The van der Waals surface area contributed by atoms with E-state index in [4.69, 9.17) is 14.2 Å². The first-order valence-corrected chi connectivity index (χ1v) is 21.6. The minimum absolute atomic E-state index is 0.101. The number of hydrogen-bond donors (Lipinski definition) is 2. The van der Waals surface area contributed by atoms with E-state index >= 15 is 0 Å². The molecule has 6 unspecified atom stereocenters. The zero-order valence-electron chi connectivity index (χ0n) is 34.7. The number of rotatable bonds is 13. The fourth-order valence-corrected chi connectivity index (χ4v) is 11.0. The number of benzene rings is 2. The van der Waals surface area contributed by atoms with Crippen molar-refractivity contribution in [2.45, 2.75) is 117 Å². The maximum atomic E-state index is 6.58. The first-order chi connectivity index (χ1) is 26.6. The van der Waals surface area contributed by atoms with Crippen LogP contribution in [0.2, 0.25) is 0 Å². The van der Waals surface area contributed by atoms with E-state index in [0.717, 1.165) is 80.6 Å². The van der Waals surface area contributed by atoms with Crippen molar-refractivity contribution in [2.24, 2.45) is 34.5 Å². The molecule has 3 saturated carbocycles. The first kappa shape index (κ1) is 39.7. The molecule has 4 aliphatic carbocycles. The van der Waals surface area contributed by atoms with Crippen LogP contribution in [-0.2, 0) is 14.2 Å². The molecule has 55 heavy (non-hydrogen) atoms. The third kappa shape index (κ3) is 8.44. The molecule has 0 aromatic heterocycles. The van der Waals surface area contributed by atoms with Gasteiger partial charge in [0.1, 0.15) is 5.76 Å². The molecule has 2 aromatic rings. The Kier molecular flexibility index (Phi) is 12.2. The van der Waals surface area contributed by atoms with Gasteiger partial charge in [0, 0.05) is 42.0 Å². The van der Waals surface area contributed by atoms with Crippen LogP contribution in [0, 0.1) is 34.5 Å². The van der Waals surface area contributed by atoms with Gasteiger partial charge in [-0.05, 0) is 135 Å². The molecule has 1 spiro atoms. The van der Waals surface area contributed by atoms with Crippen LogP contribution in [0.15, 0.2) is 96.4 Å². The predicted molar refractivity (Wildman–Crippen MR) is 229 cm³/mol. The lowest BCUT2D eigenvalue weighted by atomic mass is 9.51. The third-order valence-electron chi connectivity index (χ3n) is 13.8. The van der Waals surface area contributed by atoms with Crippen LogP contribution in [0.1, 0.15) is 128 Å². The van der Waals surface area contributed by atoms with Crippen molar-refractivity contribution in [1.29, 1.82) is 0 Å². The highest BCUT2D eigenvalue weighted by atomic mass is 16.7. The molecule has 1 aliphatic heterocycles. The summed E-state index contributed by atoms with van der Waals surface area (Å²) in [4.78, 5) is 0. The monoisotopic (exact) mass is 745 g/mol. The van der Waals surface area contributed by atoms with Gasteiger partial charge in [-0.1, -0.05) is 88.3 Å². The molecule has 7 rings (SSSR count). The zero-order chi connectivity index (χ0) is 38.6. The minimum Gasteiger partial charge on any atom is -0.494 e. The van der Waals surface area contributed by atoms with E-state index in [0.29, 0.717) is 35.7 Å². The molecule has 5 heteroatoms. The Hall–Kier alpha value is -3.54. The van der Waals surface area contributed by atoms with Gasteiger partial charge in [0.05, 0.1) is 25.6 Å². The summed E-state index contributed by atoms with van der Waals surface area (Å²) >= 11 is 0. The lowest BCUT2D eigenvalue weighted by Gasteiger charge is -2.55. The van der Waals surface area contributed by atoms with E-state index in [2.05, 4.69) is 131 Å². The summed E-state index contributed by atoms with van der Waals surface area (Å²) in [6.45, 7) is 20.8. The minimum atomic E-state index is -0.380. The molecule has 2 N–H and O–H groups in total. The van der Waals surface area contributed by atoms with Gasteiger partial charge in [0.25, 0.3) is 0 Å². The van der Waals surface area contributed by atoms with E-state index < -0.39 is 0 Å². The number of hydrogen-bond acceptors (Lipinski definition) is 5. The summed E-state index contributed by atoms with van der Waals surface area (Å²) in [5, 5.41) is 7.17. The summed E-state index contributed by atoms with van der Waals surface area (Å²) in [7, 11) is 0. The number of nitrogens with one attached hydrogen (secondary N) is 2. The number of anilines is 1. The summed E-state index contributed by atoms with van der Waals surface area (Å²) in [5.74, 6) is 4.70. The molecule has 2 aromatic carbocycles. The van der Waals surface area contributed by atoms with Crippen LogP contribution in [0.25, 0.3) is 11.8 Å². The molecule has 6 atom stereocenters. The van der Waals surface area contributed by atoms with Crippen LogP contribution in [0.4, 0.5) is 5.69 Å². The highest BCUT2D eigenvalue weighted by molar-refractivity contribution is 5.63. The quantitative estimate of drug-likeness (QED) is 0.158. The SMILES string of the molecule is C=CC1CCC2C3CCC4CC5(CCC4=C3C(c3ccc(/C=C/CNC(=CCC)Nc4ccc(/C(=C/CC)OCC)cc4)cc3)CC12C)OCC(C)(C)CO5. The molecular weight excluding hydrogens is 677 g/mol. The van der Waals surface area contributed by atoms with E-state index in [1.54, 1.807) is 5.57 Å². The van der Waals surface area contributed by atoms with Crippen molar-refractivity contribution in [2.75, 3.05) is 31.7 Å². The van der Waals surface area contributed by atoms with Crippen LogP contribution in [0.5, 0.6) is 0 Å². The average Bonchev–Trinajstić information content (AvgIpc) is 3.53. The maximum Gasteiger partial charge on any atom is 0.169 e. The van der Waals surface area contributed by atoms with Crippen LogP contribution < -0.4 is 10.6 Å². The lowest BCUT2D eigenvalue weighted by molar-refractivity contribution is -0.312. The van der Waals surface area contributed by atoms with Gasteiger partial charge in [-0.15, -0.1) is 6.58 Å². The maximum absolute atomic E-state index is 6.58. The Morgan fingerprint density at radius 2 is 1.64 bits per heavy atom. The molecule has 1 heterocycles. The molecule has 0 amide bonds. The smallest absolute Gasteiger partial charge is 0.169 e. The Bertz CT molecular complexity index is 1750. The van der Waals surface area contributed by atoms with Crippen molar-refractivity contribution < 1.29 is 14.2 Å². The standard InChI is InChI=1S/C50H68N2O3/c1-8-13-45(53-11-4)37-20-24-40(25-21-37)52-46(14-9-2)51-30-12-15-35-16-18-36(19-17-35)43-32-49(7)39(10-3)23-27-44(49)42-26-22-38-31-50(29-28-41(38)47(42)43)54-33-48(5,6)34-55-50/h10,12-21,24-25,38-39,42-44,51-52H,3,8-9,11,22-23,26-34H2,1-2,4-7H3/b15-12+,45-13-,46-14?. The fraction of sp³-hybridized carbons (Fsp3) is 0.560. The molecule has 5 nitrogen and oxygen atoms in total. The van der Waals surface area contributed by atoms with Crippen molar-refractivity contribution in [1.82, 2.24) is 5.32 Å². The van der Waals surface area contributed by atoms with Crippen molar-refractivity contribution in [3.63, 3.8) is 0 Å². The molecular formula is C50H68N2O3. The van der Waals surface area contributed by atoms with Gasteiger partial charge in [-0.2, -0.15) is 0 Å². The molecule has 4 fully saturated rings. The van der Waals surface area contributed by atoms with Crippen LogP contribution in [0.3, 0.4) is 0 Å². The molecule has 1 saturated heterocycles. The Morgan fingerprint density at radius 3 is 2.33 bits per heavy atom. The largest absolute Gasteiger partial charge is 0.494 e. The van der Waals surface area contributed by atoms with E-state index in [1.165, 1.54) is 43.2 Å². The molecule has 5 aliphatic rings. The number of ether oxygens (including phenoxy) is 3. The van der Waals surface area contributed by atoms with Gasteiger partial charge in [-0.25, -0.2) is 0 Å². The van der Waals surface area contributed by atoms with E-state index in [-0.39, 0.29) is 11.2 Å². The second-order valence-electron chi connectivity index (χ2n) is 18.1. The molecule has 0 bridgehead atoms. The van der Waals surface area contributed by atoms with Gasteiger partial charge >= 0.3 is 0 Å². The van der Waals surface area contributed by atoms with E-state index in [1.807, 2.05) is 12.5 Å². The molecule has 296 valence electrons. The van der Waals surface area contributed by atoms with Crippen molar-refractivity contribution >= 4 is 17.5 Å². The second kappa shape index (κ2) is 16.9. The fourth-order valence-electron chi connectivity index (χ4n) is 11.0. The van der Waals surface area contributed by atoms with Crippen molar-refractivity contribution in [3.8, 4) is 0 Å². The van der Waals surface area contributed by atoms with Gasteiger partial charge in [-0.3, -0.25) is 0 Å². The van der Waals surface area contributed by atoms with E-state index in [9.17, 15) is 0 Å². The molecule has 0 radical (unpaired) electrons. The van der Waals surface area contributed by atoms with Crippen molar-refractivity contribution in [3.05, 3.63) is 113 Å². The Balaban J connectivity index is 1.04. The van der Waals surface area contributed by atoms with Gasteiger partial charge < -0.3 is 24.8 Å². The first-order valence-electron chi connectivity index (χ1n) is 21.6. The number of fused-ring (bicyclic) bond motifs is 4. The number of allylic oxidation sites excluding steroid dienone is 5. The Morgan fingerprint density at radius 1 is 0.891 bits per heavy atom. The normalized spacial score (nSPS) is 30.1. The third-order valence-corrected chi connectivity index (χ3v) is 13.8. The van der Waals surface area contributed by atoms with Gasteiger partial charge in [0.15, 0.2) is 5.79 Å². The Labute approximate surface area is 332 Å². The zero-order valence-corrected chi connectivity index (χ0v) is 34.7. The van der Waals surface area contributed by atoms with Crippen LogP contribution in [-0.4, -0.2) is 32.2 Å². The topological polar surface area (TPSA) is 51.8 Å². The highest BCUT2D eigenvalue weighted by Gasteiger charge is 2.57.